The van der Waals surface area contributed by atoms with Gasteiger partial charge in [-0.05, 0) is 53.7 Å². The lowest BCUT2D eigenvalue weighted by molar-refractivity contribution is 0.0518. The van der Waals surface area contributed by atoms with E-state index in [4.69, 9.17) is 9.47 Å². The summed E-state index contributed by atoms with van der Waals surface area (Å²) in [5.41, 5.74) is -1.80. The highest BCUT2D eigenvalue weighted by molar-refractivity contribution is 5.92. The molecule has 2 aromatic rings. The number of carbonyl (C=O) groups excluding carboxylic acids is 2. The Hall–Kier alpha value is -2.57. The number of hydrogen-bond donors (Lipinski definition) is 0. The van der Waals surface area contributed by atoms with Crippen LogP contribution in [0, 0.1) is 0 Å². The molecule has 0 fully saturated rings. The smallest absolute Gasteiger partial charge is 0.423 e. The van der Waals surface area contributed by atoms with Gasteiger partial charge in [0.1, 0.15) is 11.2 Å². The first-order chi connectivity index (χ1) is 10.9. The number of carbonyl (C=O) groups is 2. The number of benzene rings is 1. The molecule has 0 saturated carbocycles. The Bertz CT molecular complexity index is 778. The quantitative estimate of drug-likeness (QED) is 0.738. The largest absolute Gasteiger partial charge is 0.443 e. The molecule has 0 aliphatic rings. The number of rotatable bonds is 0. The lowest BCUT2D eigenvalue weighted by atomic mass is 10.2. The number of fused-ring (bicyclic) bond motifs is 1. The summed E-state index contributed by atoms with van der Waals surface area (Å²) in [6, 6.07) is 6.48. The third kappa shape index (κ3) is 3.67. The zero-order valence-corrected chi connectivity index (χ0v) is 14.7. The van der Waals surface area contributed by atoms with Gasteiger partial charge in [-0.3, -0.25) is 0 Å². The standard InChI is InChI=1S/C17H22N2O5/c1-16(2,3)23-14(21)18-11-9-7-8-10-12(11)19(13(18)20)15(22)24-17(4,5)6/h7-10H,1-6H3. The molecule has 0 atom stereocenters. The fourth-order valence-electron chi connectivity index (χ4n) is 2.12. The van der Waals surface area contributed by atoms with Gasteiger partial charge in [0.05, 0.1) is 11.0 Å². The first-order valence-corrected chi connectivity index (χ1v) is 7.60. The molecule has 7 heteroatoms. The van der Waals surface area contributed by atoms with Gasteiger partial charge in [0.2, 0.25) is 0 Å². The van der Waals surface area contributed by atoms with Crippen molar-refractivity contribution in [1.82, 2.24) is 9.13 Å². The molecule has 0 saturated heterocycles. The topological polar surface area (TPSA) is 79.5 Å². The van der Waals surface area contributed by atoms with E-state index < -0.39 is 29.1 Å². The van der Waals surface area contributed by atoms with E-state index in [0.717, 1.165) is 9.13 Å². The summed E-state index contributed by atoms with van der Waals surface area (Å²) in [7, 11) is 0. The predicted octanol–water partition coefficient (Wildman–Crippen LogP) is 3.37. The van der Waals surface area contributed by atoms with Crippen LogP contribution in [0.5, 0.6) is 0 Å². The van der Waals surface area contributed by atoms with E-state index >= 15 is 0 Å². The molecule has 0 radical (unpaired) electrons. The van der Waals surface area contributed by atoms with Crippen LogP contribution in [0.25, 0.3) is 11.0 Å². The van der Waals surface area contributed by atoms with Crippen molar-refractivity contribution in [2.45, 2.75) is 52.7 Å². The van der Waals surface area contributed by atoms with Gasteiger partial charge in [-0.2, -0.15) is 9.13 Å². The Labute approximate surface area is 139 Å². The SMILES string of the molecule is CC(C)(C)OC(=O)n1c(=O)n(C(=O)OC(C)(C)C)c2ccccc21. The van der Waals surface area contributed by atoms with Crippen LogP contribution >= 0.6 is 0 Å². The van der Waals surface area contributed by atoms with Crippen LogP contribution in [0.15, 0.2) is 29.1 Å². The van der Waals surface area contributed by atoms with E-state index in [9.17, 15) is 14.4 Å². The Morgan fingerprint density at radius 2 is 1.12 bits per heavy atom. The van der Waals surface area contributed by atoms with Gasteiger partial charge >= 0.3 is 17.9 Å². The second-order valence-electron chi connectivity index (χ2n) is 7.40. The van der Waals surface area contributed by atoms with Crippen LogP contribution in [-0.4, -0.2) is 32.5 Å². The van der Waals surface area contributed by atoms with Crippen LogP contribution in [0.3, 0.4) is 0 Å². The molecule has 0 bridgehead atoms. The third-order valence-corrected chi connectivity index (χ3v) is 2.90. The maximum absolute atomic E-state index is 12.7. The summed E-state index contributed by atoms with van der Waals surface area (Å²) in [5, 5.41) is 0. The van der Waals surface area contributed by atoms with Gasteiger partial charge in [-0.15, -0.1) is 0 Å². The van der Waals surface area contributed by atoms with Gasteiger partial charge in [0.25, 0.3) is 0 Å². The molecule has 1 aromatic carbocycles. The highest BCUT2D eigenvalue weighted by atomic mass is 16.6. The molecule has 0 spiro atoms. The van der Waals surface area contributed by atoms with Crippen LogP contribution in [0.1, 0.15) is 41.5 Å². The van der Waals surface area contributed by atoms with Gasteiger partial charge in [-0.25, -0.2) is 14.4 Å². The minimum Gasteiger partial charge on any atom is -0.443 e. The third-order valence-electron chi connectivity index (χ3n) is 2.90. The average Bonchev–Trinajstić information content (AvgIpc) is 2.66. The van der Waals surface area contributed by atoms with Crippen LogP contribution in [0.4, 0.5) is 9.59 Å². The van der Waals surface area contributed by atoms with Crippen molar-refractivity contribution >= 4 is 23.2 Å². The normalized spacial score (nSPS) is 12.2. The van der Waals surface area contributed by atoms with E-state index in [1.165, 1.54) is 0 Å². The fraction of sp³-hybridized carbons (Fsp3) is 0.471. The molecule has 24 heavy (non-hydrogen) atoms. The molecule has 1 heterocycles. The Morgan fingerprint density at radius 3 is 1.42 bits per heavy atom. The first kappa shape index (κ1) is 17.8. The summed E-state index contributed by atoms with van der Waals surface area (Å²) in [6.07, 6.45) is -1.68. The molecule has 0 N–H and O–H groups in total. The highest BCUT2D eigenvalue weighted by Gasteiger charge is 2.28. The van der Waals surface area contributed by atoms with Crippen LogP contribution in [0.2, 0.25) is 0 Å². The molecular weight excluding hydrogens is 312 g/mol. The van der Waals surface area contributed by atoms with Gasteiger partial charge in [0, 0.05) is 0 Å². The molecule has 130 valence electrons. The average molecular weight is 334 g/mol. The number of aromatic nitrogens is 2. The molecule has 0 unspecified atom stereocenters. The minimum absolute atomic E-state index is 0.280. The van der Waals surface area contributed by atoms with Crippen molar-refractivity contribution in [3.63, 3.8) is 0 Å². The van der Waals surface area contributed by atoms with Crippen molar-refractivity contribution < 1.29 is 19.1 Å². The lowest BCUT2D eigenvalue weighted by Crippen LogP contribution is -2.38. The van der Waals surface area contributed by atoms with Crippen molar-refractivity contribution in [3.05, 3.63) is 34.7 Å². The Kier molecular flexibility index (Phi) is 4.31. The predicted molar refractivity (Wildman–Crippen MR) is 89.5 cm³/mol. The molecule has 7 nitrogen and oxygen atoms in total. The number of imidazole rings is 1. The van der Waals surface area contributed by atoms with Gasteiger partial charge < -0.3 is 9.47 Å². The Morgan fingerprint density at radius 1 is 0.792 bits per heavy atom. The molecular formula is C17H22N2O5. The first-order valence-electron chi connectivity index (χ1n) is 7.60. The van der Waals surface area contributed by atoms with E-state index in [-0.39, 0.29) is 11.0 Å². The maximum atomic E-state index is 12.7. The second kappa shape index (κ2) is 5.81. The Balaban J connectivity index is 2.63. The van der Waals surface area contributed by atoms with Crippen molar-refractivity contribution in [1.29, 1.82) is 0 Å². The zero-order chi connectivity index (χ0) is 18.3. The monoisotopic (exact) mass is 334 g/mol. The van der Waals surface area contributed by atoms with Crippen molar-refractivity contribution in [2.75, 3.05) is 0 Å². The summed E-state index contributed by atoms with van der Waals surface area (Å²) >= 11 is 0. The lowest BCUT2D eigenvalue weighted by Gasteiger charge is -2.19. The fourth-order valence-corrected chi connectivity index (χ4v) is 2.12. The molecule has 0 amide bonds. The second-order valence-corrected chi connectivity index (χ2v) is 7.40. The molecule has 0 aliphatic heterocycles. The van der Waals surface area contributed by atoms with E-state index in [1.54, 1.807) is 65.8 Å². The summed E-state index contributed by atoms with van der Waals surface area (Å²) < 4.78 is 12.2. The summed E-state index contributed by atoms with van der Waals surface area (Å²) in [5.74, 6) is 0. The molecule has 1 aromatic heterocycles. The maximum Gasteiger partial charge on any atom is 0.423 e. The van der Waals surface area contributed by atoms with E-state index in [2.05, 4.69) is 0 Å². The zero-order valence-electron chi connectivity index (χ0n) is 14.7. The van der Waals surface area contributed by atoms with Crippen LogP contribution in [-0.2, 0) is 9.47 Å². The minimum atomic E-state index is -0.842. The van der Waals surface area contributed by atoms with Gasteiger partial charge in [-0.1, -0.05) is 12.1 Å². The van der Waals surface area contributed by atoms with Crippen LogP contribution < -0.4 is 5.69 Å². The number of hydrogen-bond acceptors (Lipinski definition) is 5. The highest BCUT2D eigenvalue weighted by Crippen LogP contribution is 2.17. The van der Waals surface area contributed by atoms with Crippen molar-refractivity contribution in [2.24, 2.45) is 0 Å². The number of nitrogens with zero attached hydrogens (tertiary/aromatic N) is 2. The summed E-state index contributed by atoms with van der Waals surface area (Å²) in [6.45, 7) is 10.2. The van der Waals surface area contributed by atoms with E-state index in [1.807, 2.05) is 0 Å². The van der Waals surface area contributed by atoms with E-state index in [0.29, 0.717) is 0 Å². The summed E-state index contributed by atoms with van der Waals surface area (Å²) in [4.78, 5) is 37.5. The van der Waals surface area contributed by atoms with Gasteiger partial charge in [0.15, 0.2) is 0 Å². The number of ether oxygens (including phenoxy) is 2. The molecule has 2 rings (SSSR count). The molecule has 0 aliphatic carbocycles. The van der Waals surface area contributed by atoms with Crippen molar-refractivity contribution in [3.8, 4) is 0 Å². The number of para-hydroxylation sites is 2.